The van der Waals surface area contributed by atoms with Gasteiger partial charge in [0.2, 0.25) is 0 Å². The molecule has 0 heterocycles. The first-order valence-corrected chi connectivity index (χ1v) is 5.78. The van der Waals surface area contributed by atoms with E-state index < -0.39 is 24.4 Å². The maximum Gasteiger partial charge on any atom is 0.137 e. The molecular weight excluding hydrogens is 201 g/mol. The Morgan fingerprint density at radius 3 is 2.00 bits per heavy atom. The smallest absolute Gasteiger partial charge is 0.137 e. The monoisotopic (exact) mass is 222 g/mol. The lowest BCUT2D eigenvalue weighted by atomic mass is 9.69. The molecule has 6 atom stereocenters. The average molecular weight is 222 g/mol. The van der Waals surface area contributed by atoms with E-state index in [0.29, 0.717) is 6.42 Å². The molecule has 1 saturated carbocycles. The molecule has 1 aliphatic rings. The van der Waals surface area contributed by atoms with E-state index in [1.165, 1.54) is 0 Å². The minimum absolute atomic E-state index is 0.0700. The van der Waals surface area contributed by atoms with E-state index in [1.54, 1.807) is 20.8 Å². The molecule has 1 rings (SSSR count). The largest absolute Gasteiger partial charge is 0.247 e. The molecule has 0 bridgehead atoms. The quantitative estimate of drug-likeness (QED) is 0.663. The van der Waals surface area contributed by atoms with E-state index in [9.17, 15) is 13.2 Å². The Morgan fingerprint density at radius 2 is 1.53 bits per heavy atom. The van der Waals surface area contributed by atoms with Crippen LogP contribution in [0.1, 0.15) is 34.1 Å². The van der Waals surface area contributed by atoms with Gasteiger partial charge in [0.05, 0.1) is 0 Å². The van der Waals surface area contributed by atoms with Crippen LogP contribution in [-0.2, 0) is 0 Å². The third-order valence-electron chi connectivity index (χ3n) is 3.62. The third kappa shape index (κ3) is 2.48. The normalized spacial score (nSPS) is 44.4. The molecule has 90 valence electrons. The van der Waals surface area contributed by atoms with Crippen LogP contribution in [0.25, 0.3) is 0 Å². The van der Waals surface area contributed by atoms with Crippen molar-refractivity contribution in [2.75, 3.05) is 0 Å². The van der Waals surface area contributed by atoms with Gasteiger partial charge in [0.1, 0.15) is 18.5 Å². The molecule has 3 heteroatoms. The molecule has 0 radical (unpaired) electrons. The average Bonchev–Trinajstić information content (AvgIpc) is 2.14. The minimum atomic E-state index is -1.64. The van der Waals surface area contributed by atoms with Gasteiger partial charge in [0.15, 0.2) is 0 Å². The summed E-state index contributed by atoms with van der Waals surface area (Å²) in [4.78, 5) is 0. The Hall–Kier alpha value is -0.210. The number of hydrogen-bond acceptors (Lipinski definition) is 0. The van der Waals surface area contributed by atoms with Gasteiger partial charge < -0.3 is 0 Å². The molecule has 6 unspecified atom stereocenters. The van der Waals surface area contributed by atoms with Gasteiger partial charge in [0, 0.05) is 5.92 Å². The number of hydrogen-bond donors (Lipinski definition) is 0. The van der Waals surface area contributed by atoms with Crippen LogP contribution >= 0.6 is 0 Å². The molecule has 0 aromatic rings. The molecule has 0 aromatic carbocycles. The van der Waals surface area contributed by atoms with Crippen LogP contribution in [0.3, 0.4) is 0 Å². The van der Waals surface area contributed by atoms with Crippen molar-refractivity contribution in [3.8, 4) is 0 Å². The molecule has 0 N–H and O–H groups in total. The molecule has 0 nitrogen and oxygen atoms in total. The topological polar surface area (TPSA) is 0 Å². The maximum atomic E-state index is 13.8. The summed E-state index contributed by atoms with van der Waals surface area (Å²) in [6, 6.07) is 0. The summed E-state index contributed by atoms with van der Waals surface area (Å²) >= 11 is 0. The van der Waals surface area contributed by atoms with Gasteiger partial charge in [-0.15, -0.1) is 0 Å². The van der Waals surface area contributed by atoms with Crippen molar-refractivity contribution < 1.29 is 13.2 Å². The second kappa shape index (κ2) is 4.75. The van der Waals surface area contributed by atoms with Crippen molar-refractivity contribution in [2.45, 2.75) is 52.6 Å². The van der Waals surface area contributed by atoms with Crippen LogP contribution < -0.4 is 0 Å². The van der Waals surface area contributed by atoms with Crippen LogP contribution in [0, 0.1) is 23.7 Å². The Kier molecular flexibility index (Phi) is 4.07. The van der Waals surface area contributed by atoms with Gasteiger partial charge >= 0.3 is 0 Å². The molecule has 0 aliphatic heterocycles. The standard InChI is InChI=1S/C12H21F3/c1-6(2)10(13)9-7(3)5-8(4)11(14)12(9)15/h6-12H,5H2,1-4H3. The summed E-state index contributed by atoms with van der Waals surface area (Å²) in [5, 5.41) is 0. The predicted octanol–water partition coefficient (Wildman–Crippen LogP) is 3.95. The zero-order valence-corrected chi connectivity index (χ0v) is 9.88. The van der Waals surface area contributed by atoms with Crippen molar-refractivity contribution in [1.82, 2.24) is 0 Å². The first-order chi connectivity index (χ1) is 6.86. The van der Waals surface area contributed by atoms with E-state index in [2.05, 4.69) is 0 Å². The summed E-state index contributed by atoms with van der Waals surface area (Å²) in [5.41, 5.74) is 0. The Labute approximate surface area is 90.2 Å². The van der Waals surface area contributed by atoms with Gasteiger partial charge in [-0.25, -0.2) is 13.2 Å². The number of rotatable bonds is 2. The molecule has 0 saturated heterocycles. The molecule has 0 aromatic heterocycles. The van der Waals surface area contributed by atoms with Gasteiger partial charge in [-0.2, -0.15) is 0 Å². The highest BCUT2D eigenvalue weighted by atomic mass is 19.2. The Balaban J connectivity index is 2.78. The lowest BCUT2D eigenvalue weighted by Gasteiger charge is -2.40. The van der Waals surface area contributed by atoms with E-state index >= 15 is 0 Å². The minimum Gasteiger partial charge on any atom is -0.247 e. The van der Waals surface area contributed by atoms with Crippen LogP contribution in [0.15, 0.2) is 0 Å². The molecule has 15 heavy (non-hydrogen) atoms. The van der Waals surface area contributed by atoms with Crippen molar-refractivity contribution in [1.29, 1.82) is 0 Å². The molecular formula is C12H21F3. The Morgan fingerprint density at radius 1 is 1.00 bits per heavy atom. The highest BCUT2D eigenvalue weighted by molar-refractivity contribution is 4.93. The third-order valence-corrected chi connectivity index (χ3v) is 3.62. The van der Waals surface area contributed by atoms with E-state index in [-0.39, 0.29) is 17.8 Å². The van der Waals surface area contributed by atoms with Gasteiger partial charge in [-0.05, 0) is 24.2 Å². The van der Waals surface area contributed by atoms with Gasteiger partial charge in [-0.1, -0.05) is 27.7 Å². The zero-order chi connectivity index (χ0) is 11.7. The fourth-order valence-electron chi connectivity index (χ4n) is 2.65. The summed E-state index contributed by atoms with van der Waals surface area (Å²) in [6.45, 7) is 6.96. The number of halogens is 3. The van der Waals surface area contributed by atoms with Gasteiger partial charge in [0.25, 0.3) is 0 Å². The van der Waals surface area contributed by atoms with E-state index in [0.717, 1.165) is 0 Å². The van der Waals surface area contributed by atoms with Crippen molar-refractivity contribution in [3.05, 3.63) is 0 Å². The Bertz CT molecular complexity index is 205. The first-order valence-electron chi connectivity index (χ1n) is 5.78. The maximum absolute atomic E-state index is 13.8. The van der Waals surface area contributed by atoms with Crippen LogP contribution in [0.5, 0.6) is 0 Å². The lowest BCUT2D eigenvalue weighted by molar-refractivity contribution is -0.0461. The van der Waals surface area contributed by atoms with Crippen molar-refractivity contribution in [2.24, 2.45) is 23.7 Å². The second-order valence-electron chi connectivity index (χ2n) is 5.34. The summed E-state index contributed by atoms with van der Waals surface area (Å²) < 4.78 is 41.0. The van der Waals surface area contributed by atoms with Crippen molar-refractivity contribution in [3.63, 3.8) is 0 Å². The molecule has 0 spiro atoms. The SMILES string of the molecule is CC(C)C(F)C1C(C)CC(C)C(F)C1F. The summed E-state index contributed by atoms with van der Waals surface area (Å²) in [7, 11) is 0. The molecule has 0 amide bonds. The van der Waals surface area contributed by atoms with Crippen LogP contribution in [0.2, 0.25) is 0 Å². The first kappa shape index (κ1) is 12.9. The molecule has 1 aliphatic carbocycles. The summed E-state index contributed by atoms with van der Waals surface area (Å²) in [5.74, 6) is -1.36. The van der Waals surface area contributed by atoms with E-state index in [4.69, 9.17) is 0 Å². The lowest BCUT2D eigenvalue weighted by Crippen LogP contribution is -2.46. The summed E-state index contributed by atoms with van der Waals surface area (Å²) in [6.07, 6.45) is -3.79. The second-order valence-corrected chi connectivity index (χ2v) is 5.34. The van der Waals surface area contributed by atoms with Crippen molar-refractivity contribution >= 4 is 0 Å². The fourth-order valence-corrected chi connectivity index (χ4v) is 2.65. The predicted molar refractivity (Wildman–Crippen MR) is 56.0 cm³/mol. The highest BCUT2D eigenvalue weighted by Crippen LogP contribution is 2.41. The van der Waals surface area contributed by atoms with Crippen LogP contribution in [-0.4, -0.2) is 18.5 Å². The van der Waals surface area contributed by atoms with E-state index in [1.807, 2.05) is 6.92 Å². The fraction of sp³-hybridized carbons (Fsp3) is 1.00. The highest BCUT2D eigenvalue weighted by Gasteiger charge is 2.46. The zero-order valence-electron chi connectivity index (χ0n) is 9.88. The number of alkyl halides is 3. The van der Waals surface area contributed by atoms with Crippen LogP contribution in [0.4, 0.5) is 13.2 Å². The van der Waals surface area contributed by atoms with Gasteiger partial charge in [-0.3, -0.25) is 0 Å². The molecule has 1 fully saturated rings.